The third-order valence-corrected chi connectivity index (χ3v) is 8.22. The van der Waals surface area contributed by atoms with Crippen molar-refractivity contribution in [2.45, 2.75) is 64.0 Å². The number of benzene rings is 2. The number of aromatic nitrogens is 1. The number of carbonyl (C=O) groups is 3. The Balaban J connectivity index is 1.24. The Bertz CT molecular complexity index is 1550. The first-order chi connectivity index (χ1) is 19.5. The van der Waals surface area contributed by atoms with Crippen LogP contribution in [0, 0.1) is 0 Å². The molecule has 1 fully saturated rings. The van der Waals surface area contributed by atoms with Crippen LogP contribution in [0.4, 0.5) is 0 Å². The number of nitrogens with zero attached hydrogens (tertiary/aromatic N) is 2. The molecule has 40 heavy (non-hydrogen) atoms. The Hall–Kier alpha value is -4.07. The number of hydrogen-bond donors (Lipinski definition) is 1. The molecular weight excluding hydrogens is 506 g/mol. The summed E-state index contributed by atoms with van der Waals surface area (Å²) in [6.07, 6.45) is 8.60. The second-order valence-electron chi connectivity index (χ2n) is 10.9. The van der Waals surface area contributed by atoms with E-state index in [1.54, 1.807) is 11.2 Å². The molecule has 2 atom stereocenters. The minimum atomic E-state index is -0.704. The van der Waals surface area contributed by atoms with Gasteiger partial charge in [0.15, 0.2) is 0 Å². The summed E-state index contributed by atoms with van der Waals surface area (Å²) in [5.74, 6) is -0.870. The van der Waals surface area contributed by atoms with Gasteiger partial charge in [0.25, 0.3) is 0 Å². The fourth-order valence-electron chi connectivity index (χ4n) is 6.23. The molecule has 4 heterocycles. The van der Waals surface area contributed by atoms with Crippen LogP contribution in [-0.4, -0.2) is 58.3 Å². The van der Waals surface area contributed by atoms with E-state index in [1.807, 2.05) is 48.5 Å². The maximum Gasteiger partial charge on any atom is 0.325 e. The van der Waals surface area contributed by atoms with Crippen molar-refractivity contribution < 1.29 is 23.5 Å². The number of esters is 1. The van der Waals surface area contributed by atoms with Crippen molar-refractivity contribution in [2.75, 3.05) is 19.7 Å². The van der Waals surface area contributed by atoms with Crippen molar-refractivity contribution in [1.29, 1.82) is 0 Å². The summed E-state index contributed by atoms with van der Waals surface area (Å²) < 4.78 is 11.0. The molecule has 1 N–H and O–H groups in total. The van der Waals surface area contributed by atoms with Crippen molar-refractivity contribution in [2.24, 2.45) is 0 Å². The average molecular weight is 542 g/mol. The van der Waals surface area contributed by atoms with Crippen LogP contribution >= 0.6 is 0 Å². The van der Waals surface area contributed by atoms with Gasteiger partial charge >= 0.3 is 5.97 Å². The van der Waals surface area contributed by atoms with Gasteiger partial charge in [-0.15, -0.1) is 0 Å². The molecule has 6 rings (SSSR count). The van der Waals surface area contributed by atoms with E-state index < -0.39 is 18.1 Å². The first kappa shape index (κ1) is 26.2. The van der Waals surface area contributed by atoms with Crippen LogP contribution in [0.2, 0.25) is 0 Å². The summed E-state index contributed by atoms with van der Waals surface area (Å²) in [5.41, 5.74) is 4.59. The first-order valence-electron chi connectivity index (χ1n) is 14.4. The summed E-state index contributed by atoms with van der Waals surface area (Å²) in [4.78, 5) is 46.8. The van der Waals surface area contributed by atoms with Gasteiger partial charge in [0.2, 0.25) is 11.8 Å². The molecule has 4 aromatic rings. The van der Waals surface area contributed by atoms with Gasteiger partial charge in [-0.05, 0) is 41.8 Å². The van der Waals surface area contributed by atoms with E-state index in [9.17, 15) is 14.4 Å². The molecule has 208 valence electrons. The number of unbranched alkanes of at least 4 members (excludes halogenated alkanes) is 5. The minimum absolute atomic E-state index is 0.151. The molecule has 2 amide bonds. The van der Waals surface area contributed by atoms with Gasteiger partial charge in [0.1, 0.15) is 24.7 Å². The molecule has 0 spiro atoms. The zero-order valence-corrected chi connectivity index (χ0v) is 22.9. The topological polar surface area (TPSA) is 95.8 Å². The van der Waals surface area contributed by atoms with Gasteiger partial charge in [0, 0.05) is 28.4 Å². The lowest BCUT2D eigenvalue weighted by molar-refractivity contribution is -0.162. The number of furan rings is 1. The molecule has 2 aromatic carbocycles. The monoisotopic (exact) mass is 541 g/mol. The van der Waals surface area contributed by atoms with Crippen LogP contribution in [0.1, 0.15) is 68.3 Å². The molecule has 8 heteroatoms. The fraction of sp³-hybridized carbons (Fsp3) is 0.406. The molecule has 0 unspecified atom stereocenters. The lowest BCUT2D eigenvalue weighted by atomic mass is 9.86. The van der Waals surface area contributed by atoms with Crippen LogP contribution in [0.15, 0.2) is 59.2 Å². The summed E-state index contributed by atoms with van der Waals surface area (Å²) in [5, 5.41) is 1.98. The van der Waals surface area contributed by atoms with E-state index in [2.05, 4.69) is 11.9 Å². The highest BCUT2D eigenvalue weighted by molar-refractivity contribution is 5.99. The highest BCUT2D eigenvalue weighted by Crippen LogP contribution is 2.43. The lowest BCUT2D eigenvalue weighted by Crippen LogP contribution is -2.63. The summed E-state index contributed by atoms with van der Waals surface area (Å²) in [7, 11) is 0. The number of ether oxygens (including phenoxy) is 1. The number of carbonyl (C=O) groups excluding carboxylic acids is 3. The number of hydrogen-bond acceptors (Lipinski definition) is 5. The van der Waals surface area contributed by atoms with Crippen molar-refractivity contribution in [3.63, 3.8) is 0 Å². The van der Waals surface area contributed by atoms with E-state index in [4.69, 9.17) is 9.15 Å². The Morgan fingerprint density at radius 1 is 1.05 bits per heavy atom. The fourth-order valence-corrected chi connectivity index (χ4v) is 6.23. The van der Waals surface area contributed by atoms with E-state index >= 15 is 0 Å². The van der Waals surface area contributed by atoms with Crippen LogP contribution in [0.25, 0.3) is 21.9 Å². The first-order valence-corrected chi connectivity index (χ1v) is 14.4. The molecule has 1 saturated heterocycles. The number of nitrogens with one attached hydrogen (secondary N) is 1. The maximum atomic E-state index is 13.8. The van der Waals surface area contributed by atoms with Gasteiger partial charge in [-0.2, -0.15) is 0 Å². The Labute approximate surface area is 233 Å². The zero-order valence-electron chi connectivity index (χ0n) is 22.9. The molecule has 0 radical (unpaired) electrons. The summed E-state index contributed by atoms with van der Waals surface area (Å²) >= 11 is 0. The molecular formula is C32H35N3O5. The normalized spacial score (nSPS) is 18.8. The number of amides is 2. The third-order valence-electron chi connectivity index (χ3n) is 8.22. The molecule has 2 aromatic heterocycles. The second kappa shape index (κ2) is 11.2. The van der Waals surface area contributed by atoms with Crippen molar-refractivity contribution in [3.8, 4) is 0 Å². The van der Waals surface area contributed by atoms with Crippen LogP contribution in [-0.2, 0) is 25.5 Å². The number of para-hydroxylation sites is 1. The molecule has 2 aliphatic rings. The Kier molecular flexibility index (Phi) is 7.32. The smallest absolute Gasteiger partial charge is 0.325 e. The van der Waals surface area contributed by atoms with Crippen molar-refractivity contribution in [3.05, 3.63) is 71.6 Å². The van der Waals surface area contributed by atoms with Crippen LogP contribution in [0.5, 0.6) is 0 Å². The largest absolute Gasteiger partial charge is 0.464 e. The van der Waals surface area contributed by atoms with Crippen molar-refractivity contribution >= 4 is 39.7 Å². The number of aromatic amines is 1. The van der Waals surface area contributed by atoms with Crippen LogP contribution in [0.3, 0.4) is 0 Å². The van der Waals surface area contributed by atoms with Gasteiger partial charge in [-0.3, -0.25) is 14.4 Å². The van der Waals surface area contributed by atoms with E-state index in [0.717, 1.165) is 58.0 Å². The molecule has 0 saturated carbocycles. The van der Waals surface area contributed by atoms with Gasteiger partial charge in [0.05, 0.1) is 18.9 Å². The second-order valence-corrected chi connectivity index (χ2v) is 10.9. The summed E-state index contributed by atoms with van der Waals surface area (Å²) in [6, 6.07) is 14.6. The van der Waals surface area contributed by atoms with Crippen molar-refractivity contribution in [1.82, 2.24) is 14.8 Å². The molecule has 0 aliphatic carbocycles. The Morgan fingerprint density at radius 3 is 2.75 bits per heavy atom. The quantitative estimate of drug-likeness (QED) is 0.211. The third kappa shape index (κ3) is 4.87. The highest BCUT2D eigenvalue weighted by Gasteiger charge is 2.48. The van der Waals surface area contributed by atoms with E-state index in [0.29, 0.717) is 13.0 Å². The standard InChI is InChI=1S/C32H35N3O5/c1-2-3-4-5-6-9-15-40-29(37)20-34-19-28(36)35-26(32(34)38)18-24-23-10-7-8-11-25(23)33-30(24)31(35)22-12-13-27-21(17-22)14-16-39-27/h7-8,10-14,16-17,26,31,33H,2-6,9,15,18-20H2,1H3/t26-,31-/m1/s1. The number of fused-ring (bicyclic) bond motifs is 5. The predicted octanol–water partition coefficient (Wildman–Crippen LogP) is 5.50. The zero-order chi connectivity index (χ0) is 27.6. The van der Waals surface area contributed by atoms with Crippen LogP contribution < -0.4 is 0 Å². The number of piperazine rings is 1. The maximum absolute atomic E-state index is 13.8. The van der Waals surface area contributed by atoms with E-state index in [-0.39, 0.29) is 24.9 Å². The van der Waals surface area contributed by atoms with Gasteiger partial charge in [-0.1, -0.05) is 63.3 Å². The Morgan fingerprint density at radius 2 is 1.88 bits per heavy atom. The van der Waals surface area contributed by atoms with Gasteiger partial charge in [-0.25, -0.2) is 0 Å². The lowest BCUT2D eigenvalue weighted by Gasteiger charge is -2.46. The minimum Gasteiger partial charge on any atom is -0.464 e. The summed E-state index contributed by atoms with van der Waals surface area (Å²) in [6.45, 7) is 2.16. The highest BCUT2D eigenvalue weighted by atomic mass is 16.5. The number of rotatable bonds is 10. The predicted molar refractivity (Wildman–Crippen MR) is 152 cm³/mol. The molecule has 0 bridgehead atoms. The van der Waals surface area contributed by atoms with Gasteiger partial charge < -0.3 is 23.9 Å². The molecule has 8 nitrogen and oxygen atoms in total. The SMILES string of the molecule is CCCCCCCCOC(=O)CN1CC(=O)N2[C@H](c3ccc4occc4c3)c3[nH]c4ccccc4c3C[C@@H]2C1=O. The number of H-pyrrole nitrogens is 1. The van der Waals surface area contributed by atoms with E-state index in [1.165, 1.54) is 24.2 Å². The molecule has 2 aliphatic heterocycles. The average Bonchev–Trinajstić information content (AvgIpc) is 3.58.